The van der Waals surface area contributed by atoms with Crippen LogP contribution in [0.15, 0.2) is 106 Å². The van der Waals surface area contributed by atoms with Crippen molar-refractivity contribution in [3.8, 4) is 0 Å². The Morgan fingerprint density at radius 1 is 0.870 bits per heavy atom. The van der Waals surface area contributed by atoms with E-state index in [1.54, 1.807) is 45.0 Å². The number of aryl methyl sites for hydroxylation is 2. The fraction of sp³-hybridized carbons (Fsp3) is 0.257. The van der Waals surface area contributed by atoms with Crippen LogP contribution in [0.2, 0.25) is 0 Å². The Bertz CT molecular complexity index is 1760. The van der Waals surface area contributed by atoms with Gasteiger partial charge < -0.3 is 0 Å². The van der Waals surface area contributed by atoms with Crippen molar-refractivity contribution in [2.75, 3.05) is 0 Å². The fourth-order valence-corrected chi connectivity index (χ4v) is 12.4. The van der Waals surface area contributed by atoms with Crippen LogP contribution in [-0.4, -0.2) is 32.1 Å². The van der Waals surface area contributed by atoms with Gasteiger partial charge in [-0.1, -0.05) is 0 Å². The molecule has 0 aliphatic carbocycles. The molecule has 0 fully saturated rings. The molecule has 11 heteroatoms. The van der Waals surface area contributed by atoms with E-state index in [9.17, 15) is 18.0 Å². The molecule has 0 spiro atoms. The van der Waals surface area contributed by atoms with Crippen LogP contribution in [0.25, 0.3) is 0 Å². The van der Waals surface area contributed by atoms with Crippen molar-refractivity contribution in [1.29, 1.82) is 0 Å². The Labute approximate surface area is 287 Å². The first-order valence-electron chi connectivity index (χ1n) is 14.5. The molecule has 0 saturated heterocycles. The van der Waals surface area contributed by atoms with Gasteiger partial charge in [0.15, 0.2) is 0 Å². The minimum absolute atomic E-state index is 0.00570. The fourth-order valence-electron chi connectivity index (χ4n) is 4.20. The van der Waals surface area contributed by atoms with E-state index in [0.717, 1.165) is 20.3 Å². The zero-order valence-electron chi connectivity index (χ0n) is 26.3. The predicted molar refractivity (Wildman–Crippen MR) is 189 cm³/mol. The molecule has 4 aromatic rings. The number of halogens is 2. The molecule has 0 aliphatic heterocycles. The van der Waals surface area contributed by atoms with Gasteiger partial charge >= 0.3 is 289 Å². The molecule has 0 bridgehead atoms. The molecule has 8 nitrogen and oxygen atoms in total. The summed E-state index contributed by atoms with van der Waals surface area (Å²) in [7, 11) is -4.16. The number of carbonyl (C=O) groups excluding carboxylic acids is 2. The summed E-state index contributed by atoms with van der Waals surface area (Å²) in [5.74, 6) is -0.651. The number of amides is 1. The quantitative estimate of drug-likeness (QED) is 0.120. The molecule has 1 atom stereocenters. The Morgan fingerprint density at radius 3 is 2.09 bits per heavy atom. The third kappa shape index (κ3) is 10.4. The Morgan fingerprint density at radius 2 is 1.48 bits per heavy atom. The Hall–Kier alpha value is -3.26. The zero-order chi connectivity index (χ0) is 33.5. The van der Waals surface area contributed by atoms with Crippen LogP contribution < -0.4 is 5.32 Å². The molecule has 0 heterocycles. The van der Waals surface area contributed by atoms with Crippen LogP contribution in [-0.2, 0) is 39.9 Å². The van der Waals surface area contributed by atoms with E-state index in [0.29, 0.717) is 13.6 Å². The molecule has 0 aromatic heterocycles. The molecular weight excluding hydrogens is 785 g/mol. The SMILES string of the molecule is Cc1ccc(I(OS(=O)(=O)c2ccc(C)cc2)c2cc(Br)ccc2CC(NC(=O)OCc2ccccc2)C(=O)OC(C)(C)C)cc1. The first kappa shape index (κ1) is 35.6. The van der Waals surface area contributed by atoms with Gasteiger partial charge in [-0.25, -0.2) is 0 Å². The summed E-state index contributed by atoms with van der Waals surface area (Å²) in [5.41, 5.74) is 2.54. The van der Waals surface area contributed by atoms with Crippen LogP contribution >= 0.6 is 36.2 Å². The zero-order valence-corrected chi connectivity index (χ0v) is 30.8. The Balaban J connectivity index is 1.71. The number of ether oxygens (including phenoxy) is 2. The third-order valence-electron chi connectivity index (χ3n) is 6.48. The van der Waals surface area contributed by atoms with E-state index in [2.05, 4.69) is 21.2 Å². The van der Waals surface area contributed by atoms with E-state index >= 15 is 0 Å². The summed E-state index contributed by atoms with van der Waals surface area (Å²) < 4.78 is 46.6. The number of rotatable bonds is 11. The first-order valence-corrected chi connectivity index (χ1v) is 19.7. The number of benzene rings is 4. The normalized spacial score (nSPS) is 12.6. The van der Waals surface area contributed by atoms with Crippen molar-refractivity contribution in [3.05, 3.63) is 131 Å². The standard InChI is InChI=1S/C35H37BrINO7S/c1-24-11-17-29(18-12-24)37(45-46(41,42)30-19-13-25(2)14-20-30)31-22-28(36)16-15-27(31)21-32(33(39)44-35(3,4)5)38-34(40)43-23-26-9-7-6-8-10-26/h6-20,22,32H,21,23H2,1-5H3,(H,38,40). The summed E-state index contributed by atoms with van der Waals surface area (Å²) in [6.45, 7) is 9.07. The van der Waals surface area contributed by atoms with Gasteiger partial charge in [0.05, 0.1) is 0 Å². The van der Waals surface area contributed by atoms with E-state index in [1.165, 1.54) is 12.1 Å². The van der Waals surface area contributed by atoms with Crippen molar-refractivity contribution in [2.24, 2.45) is 0 Å². The second-order valence-corrected chi connectivity index (χ2v) is 18.9. The van der Waals surface area contributed by atoms with Gasteiger partial charge in [-0.3, -0.25) is 0 Å². The molecule has 244 valence electrons. The van der Waals surface area contributed by atoms with Gasteiger partial charge in [0.1, 0.15) is 0 Å². The van der Waals surface area contributed by atoms with Crippen LogP contribution in [0.4, 0.5) is 4.79 Å². The van der Waals surface area contributed by atoms with E-state index in [4.69, 9.17) is 12.0 Å². The molecule has 4 rings (SSSR count). The molecule has 4 aromatic carbocycles. The van der Waals surface area contributed by atoms with E-state index < -0.39 is 54.1 Å². The number of hydrogen-bond donors (Lipinski definition) is 1. The third-order valence-corrected chi connectivity index (χ3v) is 14.5. The van der Waals surface area contributed by atoms with Crippen molar-refractivity contribution >= 4 is 58.3 Å². The molecule has 0 saturated carbocycles. The topological polar surface area (TPSA) is 108 Å². The van der Waals surface area contributed by atoms with Gasteiger partial charge in [0, 0.05) is 0 Å². The van der Waals surface area contributed by atoms with E-state index in [-0.39, 0.29) is 17.9 Å². The molecule has 1 unspecified atom stereocenters. The van der Waals surface area contributed by atoms with Crippen molar-refractivity contribution in [3.63, 3.8) is 0 Å². The second-order valence-electron chi connectivity index (χ2n) is 11.6. The molecule has 0 radical (unpaired) electrons. The van der Waals surface area contributed by atoms with Crippen LogP contribution in [0.5, 0.6) is 0 Å². The number of nitrogens with one attached hydrogen (secondary N) is 1. The van der Waals surface area contributed by atoms with Gasteiger partial charge in [-0.2, -0.15) is 0 Å². The number of esters is 1. The summed E-state index contributed by atoms with van der Waals surface area (Å²) in [4.78, 5) is 26.4. The average Bonchev–Trinajstić information content (AvgIpc) is 3.00. The van der Waals surface area contributed by atoms with E-state index in [1.807, 2.05) is 74.5 Å². The summed E-state index contributed by atoms with van der Waals surface area (Å²) >= 11 is 0.312. The van der Waals surface area contributed by atoms with Gasteiger partial charge in [0.2, 0.25) is 0 Å². The summed E-state index contributed by atoms with van der Waals surface area (Å²) in [6, 6.07) is 27.6. The molecule has 0 aliphatic rings. The van der Waals surface area contributed by atoms with Gasteiger partial charge in [0.25, 0.3) is 0 Å². The maximum atomic E-state index is 13.6. The second kappa shape index (κ2) is 15.6. The monoisotopic (exact) mass is 821 g/mol. The molecule has 1 N–H and O–H groups in total. The van der Waals surface area contributed by atoms with Gasteiger partial charge in [-0.05, 0) is 0 Å². The number of hydrogen-bond acceptors (Lipinski definition) is 7. The molecule has 46 heavy (non-hydrogen) atoms. The minimum atomic E-state index is -4.16. The molecule has 1 amide bonds. The van der Waals surface area contributed by atoms with Crippen LogP contribution in [0, 0.1) is 21.0 Å². The van der Waals surface area contributed by atoms with Crippen molar-refractivity contribution < 1.29 is 30.0 Å². The van der Waals surface area contributed by atoms with Crippen molar-refractivity contribution in [2.45, 2.75) is 64.2 Å². The van der Waals surface area contributed by atoms with Crippen LogP contribution in [0.3, 0.4) is 0 Å². The molecular formula is C35H37BrINO7S. The maximum absolute atomic E-state index is 13.6. The summed E-state index contributed by atoms with van der Waals surface area (Å²) in [6.07, 6.45) is -0.781. The average molecular weight is 823 g/mol. The van der Waals surface area contributed by atoms with Crippen LogP contribution in [0.1, 0.15) is 43.0 Å². The predicted octanol–water partition coefficient (Wildman–Crippen LogP) is 8.11. The first-order chi connectivity index (χ1) is 21.7. The number of carbonyl (C=O) groups is 2. The summed E-state index contributed by atoms with van der Waals surface area (Å²) in [5, 5.41) is 2.68. The van der Waals surface area contributed by atoms with Gasteiger partial charge in [-0.15, -0.1) is 0 Å². The Kier molecular flexibility index (Phi) is 12.0. The number of alkyl carbamates (subject to hydrolysis) is 1. The van der Waals surface area contributed by atoms with Crippen molar-refractivity contribution in [1.82, 2.24) is 5.32 Å².